The first kappa shape index (κ1) is 19.0. The molecule has 4 nitrogen and oxygen atoms in total. The topological polar surface area (TPSA) is 47.6 Å². The van der Waals surface area contributed by atoms with E-state index in [1.54, 1.807) is 32.0 Å². The molecule has 0 unspecified atom stereocenters. The summed E-state index contributed by atoms with van der Waals surface area (Å²) in [5.74, 6) is -0.582. The molecule has 1 amide bonds. The second kappa shape index (κ2) is 6.75. The van der Waals surface area contributed by atoms with Crippen molar-refractivity contribution in [3.8, 4) is 11.5 Å². The number of amides is 1. The normalized spacial score (nSPS) is 14.0. The SMILES string of the molecule is CC(C)(C(=O)Nc1cc(C(F)(F)F)ccc1F)c1ccc2c(c1)OCCO2. The minimum Gasteiger partial charge on any atom is -0.486 e. The third kappa shape index (κ3) is 3.84. The van der Waals surface area contributed by atoms with E-state index < -0.39 is 34.6 Å². The number of rotatable bonds is 3. The summed E-state index contributed by atoms with van der Waals surface area (Å²) < 4.78 is 63.3. The Kier molecular flexibility index (Phi) is 4.75. The number of anilines is 1. The van der Waals surface area contributed by atoms with Crippen molar-refractivity contribution < 1.29 is 31.8 Å². The molecule has 0 atom stereocenters. The molecular weight excluding hydrogens is 366 g/mol. The quantitative estimate of drug-likeness (QED) is 0.792. The highest BCUT2D eigenvalue weighted by molar-refractivity contribution is 5.98. The van der Waals surface area contributed by atoms with Crippen molar-refractivity contribution in [2.24, 2.45) is 0 Å². The number of nitrogens with one attached hydrogen (secondary N) is 1. The lowest BCUT2D eigenvalue weighted by molar-refractivity contribution is -0.137. The van der Waals surface area contributed by atoms with E-state index >= 15 is 0 Å². The summed E-state index contributed by atoms with van der Waals surface area (Å²) in [5.41, 5.74) is -2.18. The molecule has 1 aliphatic rings. The van der Waals surface area contributed by atoms with Crippen LogP contribution in [0.3, 0.4) is 0 Å². The first-order valence-corrected chi connectivity index (χ1v) is 8.17. The van der Waals surface area contributed by atoms with Crippen LogP contribution in [0.4, 0.5) is 23.2 Å². The van der Waals surface area contributed by atoms with Crippen molar-refractivity contribution in [2.75, 3.05) is 18.5 Å². The predicted octanol–water partition coefficient (Wildman–Crippen LogP) is 4.53. The number of carbonyl (C=O) groups excluding carboxylic acids is 1. The molecule has 0 saturated carbocycles. The molecule has 2 aromatic rings. The third-order valence-electron chi connectivity index (χ3n) is 4.37. The highest BCUT2D eigenvalue weighted by atomic mass is 19.4. The van der Waals surface area contributed by atoms with E-state index in [4.69, 9.17) is 9.47 Å². The van der Waals surface area contributed by atoms with Gasteiger partial charge in [-0.25, -0.2) is 4.39 Å². The number of hydrogen-bond acceptors (Lipinski definition) is 3. The van der Waals surface area contributed by atoms with Crippen LogP contribution in [0.5, 0.6) is 11.5 Å². The van der Waals surface area contributed by atoms with Crippen LogP contribution in [0.25, 0.3) is 0 Å². The van der Waals surface area contributed by atoms with Gasteiger partial charge in [0.1, 0.15) is 19.0 Å². The molecule has 27 heavy (non-hydrogen) atoms. The number of alkyl halides is 3. The minimum atomic E-state index is -4.64. The summed E-state index contributed by atoms with van der Waals surface area (Å²) in [6.07, 6.45) is -4.64. The number of benzene rings is 2. The lowest BCUT2D eigenvalue weighted by Crippen LogP contribution is -2.35. The second-order valence-corrected chi connectivity index (χ2v) is 6.63. The molecule has 0 fully saturated rings. The van der Waals surface area contributed by atoms with Gasteiger partial charge < -0.3 is 14.8 Å². The molecule has 1 heterocycles. The average molecular weight is 383 g/mol. The Balaban J connectivity index is 1.87. The number of ether oxygens (including phenoxy) is 2. The van der Waals surface area contributed by atoms with E-state index in [0.717, 1.165) is 0 Å². The monoisotopic (exact) mass is 383 g/mol. The summed E-state index contributed by atoms with van der Waals surface area (Å²) in [4.78, 5) is 12.7. The van der Waals surface area contributed by atoms with Crippen molar-refractivity contribution in [3.63, 3.8) is 0 Å². The zero-order chi connectivity index (χ0) is 19.8. The Morgan fingerprint density at radius 2 is 1.59 bits per heavy atom. The lowest BCUT2D eigenvalue weighted by Gasteiger charge is -2.27. The van der Waals surface area contributed by atoms with Gasteiger partial charge in [0.05, 0.1) is 16.7 Å². The largest absolute Gasteiger partial charge is 0.486 e. The standard InChI is InChI=1S/C19H17F4NO3/c1-18(2,11-4-6-15-16(10-11)27-8-7-26-15)17(25)24-14-9-12(19(21,22)23)3-5-13(14)20/h3-6,9-10H,7-8H2,1-2H3,(H,24,25). The molecule has 3 rings (SSSR count). The summed E-state index contributed by atoms with van der Waals surface area (Å²) in [7, 11) is 0. The fourth-order valence-corrected chi connectivity index (χ4v) is 2.64. The van der Waals surface area contributed by atoms with Gasteiger partial charge in [-0.2, -0.15) is 13.2 Å². The minimum absolute atomic E-state index is 0.374. The highest BCUT2D eigenvalue weighted by Gasteiger charge is 2.34. The number of halogens is 4. The smallest absolute Gasteiger partial charge is 0.416 e. The zero-order valence-corrected chi connectivity index (χ0v) is 14.6. The molecule has 0 bridgehead atoms. The van der Waals surface area contributed by atoms with Crippen LogP contribution < -0.4 is 14.8 Å². The predicted molar refractivity (Wildman–Crippen MR) is 90.5 cm³/mol. The maximum absolute atomic E-state index is 13.9. The number of hydrogen-bond donors (Lipinski definition) is 1. The Morgan fingerprint density at radius 1 is 0.963 bits per heavy atom. The van der Waals surface area contributed by atoms with Crippen molar-refractivity contribution in [2.45, 2.75) is 25.4 Å². The van der Waals surface area contributed by atoms with Gasteiger partial charge in [-0.05, 0) is 49.7 Å². The molecule has 1 aliphatic heterocycles. The fourth-order valence-electron chi connectivity index (χ4n) is 2.64. The van der Waals surface area contributed by atoms with Gasteiger partial charge in [0.25, 0.3) is 0 Å². The fraction of sp³-hybridized carbons (Fsp3) is 0.316. The van der Waals surface area contributed by atoms with Gasteiger partial charge in [0.15, 0.2) is 11.5 Å². The van der Waals surface area contributed by atoms with Crippen LogP contribution in [-0.2, 0) is 16.4 Å². The summed E-state index contributed by atoms with van der Waals surface area (Å²) >= 11 is 0. The zero-order valence-electron chi connectivity index (χ0n) is 14.6. The molecule has 144 valence electrons. The Bertz CT molecular complexity index is 878. The van der Waals surface area contributed by atoms with Crippen LogP contribution in [0.1, 0.15) is 25.0 Å². The number of carbonyl (C=O) groups is 1. The molecule has 0 aliphatic carbocycles. The molecule has 8 heteroatoms. The maximum Gasteiger partial charge on any atom is 0.416 e. The lowest BCUT2D eigenvalue weighted by atomic mass is 9.83. The Morgan fingerprint density at radius 3 is 2.26 bits per heavy atom. The maximum atomic E-state index is 13.9. The summed E-state index contributed by atoms with van der Waals surface area (Å²) in [6.45, 7) is 3.96. The van der Waals surface area contributed by atoms with Gasteiger partial charge >= 0.3 is 6.18 Å². The highest BCUT2D eigenvalue weighted by Crippen LogP contribution is 2.36. The van der Waals surface area contributed by atoms with Crippen LogP contribution in [0.15, 0.2) is 36.4 Å². The van der Waals surface area contributed by atoms with Crippen LogP contribution in [0, 0.1) is 5.82 Å². The first-order chi connectivity index (χ1) is 12.6. The van der Waals surface area contributed by atoms with Crippen LogP contribution in [-0.4, -0.2) is 19.1 Å². The first-order valence-electron chi connectivity index (χ1n) is 8.17. The van der Waals surface area contributed by atoms with E-state index in [1.807, 2.05) is 0 Å². The van der Waals surface area contributed by atoms with E-state index in [0.29, 0.717) is 48.5 Å². The molecule has 0 radical (unpaired) electrons. The summed E-state index contributed by atoms with van der Waals surface area (Å²) in [5, 5.41) is 2.26. The van der Waals surface area contributed by atoms with E-state index in [9.17, 15) is 22.4 Å². The van der Waals surface area contributed by atoms with Crippen molar-refractivity contribution in [1.29, 1.82) is 0 Å². The van der Waals surface area contributed by atoms with Gasteiger partial charge in [-0.3, -0.25) is 4.79 Å². The third-order valence-corrected chi connectivity index (χ3v) is 4.37. The second-order valence-electron chi connectivity index (χ2n) is 6.63. The van der Waals surface area contributed by atoms with Crippen molar-refractivity contribution in [1.82, 2.24) is 0 Å². The average Bonchev–Trinajstić information content (AvgIpc) is 2.62. The summed E-state index contributed by atoms with van der Waals surface area (Å²) in [6, 6.07) is 6.83. The molecule has 1 N–H and O–H groups in total. The number of fused-ring (bicyclic) bond motifs is 1. The van der Waals surface area contributed by atoms with Gasteiger partial charge in [0.2, 0.25) is 5.91 Å². The van der Waals surface area contributed by atoms with Gasteiger partial charge in [0, 0.05) is 0 Å². The molecule has 0 spiro atoms. The van der Waals surface area contributed by atoms with E-state index in [-0.39, 0.29) is 0 Å². The molecule has 2 aromatic carbocycles. The molecular formula is C19H17F4NO3. The molecule has 0 saturated heterocycles. The van der Waals surface area contributed by atoms with Crippen LogP contribution in [0.2, 0.25) is 0 Å². The Hall–Kier alpha value is -2.77. The van der Waals surface area contributed by atoms with Crippen molar-refractivity contribution in [3.05, 3.63) is 53.3 Å². The van der Waals surface area contributed by atoms with Crippen LogP contribution >= 0.6 is 0 Å². The van der Waals surface area contributed by atoms with Crippen molar-refractivity contribution >= 4 is 11.6 Å². The van der Waals surface area contributed by atoms with Gasteiger partial charge in [-0.15, -0.1) is 0 Å². The van der Waals surface area contributed by atoms with E-state index in [2.05, 4.69) is 5.32 Å². The Labute approximate surface area is 153 Å². The van der Waals surface area contributed by atoms with Gasteiger partial charge in [-0.1, -0.05) is 6.07 Å². The van der Waals surface area contributed by atoms with E-state index in [1.165, 1.54) is 0 Å². The molecule has 0 aromatic heterocycles.